The van der Waals surface area contributed by atoms with Crippen LogP contribution in [0.2, 0.25) is 0 Å². The van der Waals surface area contributed by atoms with Crippen molar-refractivity contribution in [1.29, 1.82) is 0 Å². The molecule has 3 rings (SSSR count). The van der Waals surface area contributed by atoms with Crippen LogP contribution in [0.3, 0.4) is 0 Å². The molecule has 21 heavy (non-hydrogen) atoms. The number of fused-ring (bicyclic) bond motifs is 1. The first kappa shape index (κ1) is 14.5. The highest BCUT2D eigenvalue weighted by Crippen LogP contribution is 2.22. The monoisotopic (exact) mass is 323 g/mol. The number of hydrogen-bond acceptors (Lipinski definition) is 3. The zero-order chi connectivity index (χ0) is 15.0. The van der Waals surface area contributed by atoms with Gasteiger partial charge in [-0.25, -0.2) is 14.4 Å². The van der Waals surface area contributed by atoms with Crippen molar-refractivity contribution in [3.8, 4) is 0 Å². The number of benzene rings is 1. The van der Waals surface area contributed by atoms with Gasteiger partial charge in [-0.05, 0) is 25.5 Å². The molecule has 0 spiro atoms. The normalized spacial score (nSPS) is 11.4. The van der Waals surface area contributed by atoms with Gasteiger partial charge in [0.15, 0.2) is 0 Å². The first-order valence-electron chi connectivity index (χ1n) is 6.70. The smallest absolute Gasteiger partial charge is 0.128 e. The molecule has 2 aromatic heterocycles. The molecule has 0 bridgehead atoms. The number of rotatable bonds is 4. The minimum Gasteiger partial charge on any atom is -0.327 e. The third kappa shape index (κ3) is 2.80. The van der Waals surface area contributed by atoms with Crippen molar-refractivity contribution in [3.63, 3.8) is 0 Å². The van der Waals surface area contributed by atoms with Gasteiger partial charge in [0.25, 0.3) is 0 Å². The molecular weight excluding hydrogens is 309 g/mol. The Labute approximate surface area is 131 Å². The quantitative estimate of drug-likeness (QED) is 0.673. The molecule has 0 aliphatic carbocycles. The fourth-order valence-electron chi connectivity index (χ4n) is 2.40. The molecule has 110 valence electrons. The largest absolute Gasteiger partial charge is 0.327 e. The molecule has 3 nitrogen and oxygen atoms in total. The van der Waals surface area contributed by atoms with E-state index >= 15 is 0 Å². The fourth-order valence-corrected chi connectivity index (χ4v) is 3.25. The molecule has 3 aromatic rings. The van der Waals surface area contributed by atoms with E-state index in [4.69, 9.17) is 11.6 Å². The summed E-state index contributed by atoms with van der Waals surface area (Å²) in [4.78, 5) is 8.89. The van der Waals surface area contributed by atoms with Crippen LogP contribution in [0.25, 0.3) is 11.0 Å². The third-order valence-electron chi connectivity index (χ3n) is 3.49. The Morgan fingerprint density at radius 2 is 2.10 bits per heavy atom. The van der Waals surface area contributed by atoms with E-state index in [1.807, 2.05) is 13.0 Å². The van der Waals surface area contributed by atoms with Crippen LogP contribution in [0.4, 0.5) is 4.39 Å². The number of halogens is 2. The van der Waals surface area contributed by atoms with Crippen LogP contribution < -0.4 is 0 Å². The number of alkyl halides is 1. The fraction of sp³-hybridized carbons (Fsp3) is 0.333. The summed E-state index contributed by atoms with van der Waals surface area (Å²) in [7, 11) is 0. The lowest BCUT2D eigenvalue weighted by molar-refractivity contribution is 0.620. The highest BCUT2D eigenvalue weighted by Gasteiger charge is 2.13. The number of aryl methyl sites for hydroxylation is 4. The second kappa shape index (κ2) is 5.73. The van der Waals surface area contributed by atoms with Crippen LogP contribution in [0, 0.1) is 19.7 Å². The Morgan fingerprint density at radius 1 is 1.29 bits per heavy atom. The molecule has 0 fully saturated rings. The van der Waals surface area contributed by atoms with Crippen LogP contribution >= 0.6 is 22.9 Å². The van der Waals surface area contributed by atoms with E-state index in [0.717, 1.165) is 35.0 Å². The Balaban J connectivity index is 1.97. The van der Waals surface area contributed by atoms with E-state index in [-0.39, 0.29) is 5.82 Å². The Bertz CT molecular complexity index is 794. The van der Waals surface area contributed by atoms with Crippen molar-refractivity contribution in [3.05, 3.63) is 45.4 Å². The average molecular weight is 324 g/mol. The predicted molar refractivity (Wildman–Crippen MR) is 84.5 cm³/mol. The number of thiazole rings is 1. The van der Waals surface area contributed by atoms with Gasteiger partial charge in [0.2, 0.25) is 0 Å². The number of hydrogen-bond donors (Lipinski definition) is 0. The highest BCUT2D eigenvalue weighted by atomic mass is 35.5. The maximum atomic E-state index is 13.7. The topological polar surface area (TPSA) is 30.7 Å². The lowest BCUT2D eigenvalue weighted by Gasteiger charge is -2.07. The summed E-state index contributed by atoms with van der Waals surface area (Å²) in [6.07, 6.45) is 0.816. The minimum absolute atomic E-state index is 0.233. The highest BCUT2D eigenvalue weighted by molar-refractivity contribution is 7.09. The van der Waals surface area contributed by atoms with E-state index in [2.05, 4.69) is 19.9 Å². The molecule has 0 saturated carbocycles. The van der Waals surface area contributed by atoms with Crippen LogP contribution in [-0.4, -0.2) is 14.5 Å². The van der Waals surface area contributed by atoms with Crippen molar-refractivity contribution in [2.75, 3.05) is 0 Å². The van der Waals surface area contributed by atoms with Crippen molar-refractivity contribution in [2.45, 2.75) is 32.7 Å². The van der Waals surface area contributed by atoms with Gasteiger partial charge in [-0.3, -0.25) is 0 Å². The summed E-state index contributed by atoms with van der Waals surface area (Å²) in [5.74, 6) is 0.845. The van der Waals surface area contributed by atoms with Gasteiger partial charge in [0, 0.05) is 24.4 Å². The van der Waals surface area contributed by atoms with Crippen LogP contribution in [0.15, 0.2) is 17.5 Å². The Hall–Kier alpha value is -1.46. The molecule has 0 amide bonds. The standard InChI is InChI=1S/C15H15ClFN3S/c1-9-5-14-13(6-12(9)17)19-15(7-16)20(14)4-3-11-8-21-10(2)18-11/h5-6,8H,3-4,7H2,1-2H3. The minimum atomic E-state index is -0.233. The van der Waals surface area contributed by atoms with E-state index in [0.29, 0.717) is 17.0 Å². The summed E-state index contributed by atoms with van der Waals surface area (Å²) in [5.41, 5.74) is 3.27. The van der Waals surface area contributed by atoms with Gasteiger partial charge in [-0.1, -0.05) is 0 Å². The summed E-state index contributed by atoms with van der Waals surface area (Å²) in [6.45, 7) is 4.50. The van der Waals surface area contributed by atoms with E-state index in [9.17, 15) is 4.39 Å². The van der Waals surface area contributed by atoms with Crippen molar-refractivity contribution in [2.24, 2.45) is 0 Å². The van der Waals surface area contributed by atoms with Crippen LogP contribution in [-0.2, 0) is 18.8 Å². The van der Waals surface area contributed by atoms with Gasteiger partial charge in [-0.2, -0.15) is 0 Å². The summed E-state index contributed by atoms with van der Waals surface area (Å²) in [5, 5.41) is 3.13. The number of nitrogens with zero attached hydrogens (tertiary/aromatic N) is 3. The van der Waals surface area contributed by atoms with Crippen LogP contribution in [0.1, 0.15) is 22.1 Å². The third-order valence-corrected chi connectivity index (χ3v) is 4.55. The van der Waals surface area contributed by atoms with Crippen molar-refractivity contribution in [1.82, 2.24) is 14.5 Å². The molecule has 0 unspecified atom stereocenters. The molecule has 0 radical (unpaired) electrons. The first-order valence-corrected chi connectivity index (χ1v) is 8.12. The molecule has 0 atom stereocenters. The van der Waals surface area contributed by atoms with Crippen molar-refractivity contribution < 1.29 is 4.39 Å². The molecular formula is C15H15ClFN3S. The molecule has 0 N–H and O–H groups in total. The second-order valence-electron chi connectivity index (χ2n) is 5.01. The maximum Gasteiger partial charge on any atom is 0.128 e. The van der Waals surface area contributed by atoms with Gasteiger partial charge in [-0.15, -0.1) is 22.9 Å². The van der Waals surface area contributed by atoms with Gasteiger partial charge < -0.3 is 4.57 Å². The van der Waals surface area contributed by atoms with Crippen LogP contribution in [0.5, 0.6) is 0 Å². The lowest BCUT2D eigenvalue weighted by Crippen LogP contribution is -2.05. The number of aromatic nitrogens is 3. The second-order valence-corrected chi connectivity index (χ2v) is 6.34. The predicted octanol–water partition coefficient (Wildman–Crippen LogP) is 4.23. The summed E-state index contributed by atoms with van der Waals surface area (Å²) >= 11 is 7.63. The zero-order valence-electron chi connectivity index (χ0n) is 11.9. The molecule has 6 heteroatoms. The van der Waals surface area contributed by atoms with Gasteiger partial charge >= 0.3 is 0 Å². The average Bonchev–Trinajstić information content (AvgIpc) is 3.01. The molecule has 2 heterocycles. The zero-order valence-corrected chi connectivity index (χ0v) is 13.4. The number of imidazole rings is 1. The Kier molecular flexibility index (Phi) is 3.95. The maximum absolute atomic E-state index is 13.7. The van der Waals surface area contributed by atoms with Gasteiger partial charge in [0.1, 0.15) is 11.6 Å². The molecule has 1 aromatic carbocycles. The summed E-state index contributed by atoms with van der Waals surface area (Å²) < 4.78 is 15.7. The van der Waals surface area contributed by atoms with E-state index < -0.39 is 0 Å². The Morgan fingerprint density at radius 3 is 2.76 bits per heavy atom. The van der Waals surface area contributed by atoms with E-state index in [1.54, 1.807) is 18.3 Å². The molecule has 0 aliphatic rings. The first-order chi connectivity index (χ1) is 10.1. The molecule has 0 aliphatic heterocycles. The SMILES string of the molecule is Cc1nc(CCn2c(CCl)nc3cc(F)c(C)cc32)cs1. The molecule has 0 saturated heterocycles. The van der Waals surface area contributed by atoms with Crippen molar-refractivity contribution >= 4 is 34.0 Å². The van der Waals surface area contributed by atoms with Gasteiger partial charge in [0.05, 0.1) is 27.6 Å². The van der Waals surface area contributed by atoms with E-state index in [1.165, 1.54) is 6.07 Å². The lowest BCUT2D eigenvalue weighted by atomic mass is 10.2. The summed E-state index contributed by atoms with van der Waals surface area (Å²) in [6, 6.07) is 3.31.